The molecule has 1 heterocycles. The van der Waals surface area contributed by atoms with Crippen molar-refractivity contribution in [3.05, 3.63) is 68.6 Å². The van der Waals surface area contributed by atoms with E-state index >= 15 is 0 Å². The molecule has 0 atom stereocenters. The van der Waals surface area contributed by atoms with Crippen LogP contribution in [0.15, 0.2) is 47.4 Å². The molecule has 13 heteroatoms. The fourth-order valence-corrected chi connectivity index (χ4v) is 4.05. The van der Waals surface area contributed by atoms with E-state index in [9.17, 15) is 24.5 Å². The van der Waals surface area contributed by atoms with Crippen LogP contribution >= 0.6 is 24.0 Å². The van der Waals surface area contributed by atoms with Gasteiger partial charge in [-0.25, -0.2) is 0 Å². The van der Waals surface area contributed by atoms with E-state index in [0.717, 1.165) is 16.8 Å². The topological polar surface area (TPSA) is 148 Å². The second kappa shape index (κ2) is 11.4. The number of carbonyl (C=O) groups excluding carboxylic acids is 2. The molecule has 1 aliphatic heterocycles. The molecule has 0 aliphatic carbocycles. The third-order valence-corrected chi connectivity index (χ3v) is 5.79. The average molecular weight is 518 g/mol. The number of carboxylic acid groups (broad SMARTS) is 1. The number of rotatable bonds is 10. The molecule has 2 aromatic rings. The molecule has 0 saturated carbocycles. The number of nitro benzene ring substituents is 1. The van der Waals surface area contributed by atoms with Crippen LogP contribution in [0.4, 0.5) is 5.69 Å². The molecule has 2 aromatic carbocycles. The first-order valence-corrected chi connectivity index (χ1v) is 11.4. The van der Waals surface area contributed by atoms with Crippen molar-refractivity contribution in [1.82, 2.24) is 10.4 Å². The molecule has 2 amide bonds. The number of amides is 2. The zero-order valence-electron chi connectivity index (χ0n) is 18.3. The minimum absolute atomic E-state index is 0.0259. The van der Waals surface area contributed by atoms with E-state index in [2.05, 4.69) is 5.43 Å². The number of benzene rings is 2. The number of non-ortho nitro benzene ring substituents is 1. The number of nitrogens with one attached hydrogen (secondary N) is 1. The van der Waals surface area contributed by atoms with Gasteiger partial charge in [0.15, 0.2) is 15.8 Å². The van der Waals surface area contributed by atoms with Gasteiger partial charge in [0.1, 0.15) is 0 Å². The lowest BCUT2D eigenvalue weighted by atomic mass is 10.2. The Morgan fingerprint density at radius 3 is 2.54 bits per heavy atom. The molecular formula is C22H19N3O8S2. The van der Waals surface area contributed by atoms with Crippen LogP contribution in [-0.2, 0) is 9.59 Å². The van der Waals surface area contributed by atoms with E-state index in [1.807, 2.05) is 0 Å². The summed E-state index contributed by atoms with van der Waals surface area (Å²) in [6, 6.07) is 9.83. The molecule has 11 nitrogen and oxygen atoms in total. The molecule has 35 heavy (non-hydrogen) atoms. The Morgan fingerprint density at radius 2 is 1.91 bits per heavy atom. The number of hydrogen-bond donors (Lipinski definition) is 2. The quantitative estimate of drug-likeness (QED) is 0.208. The molecule has 1 aliphatic rings. The van der Waals surface area contributed by atoms with Gasteiger partial charge in [-0.1, -0.05) is 17.8 Å². The Morgan fingerprint density at radius 1 is 1.20 bits per heavy atom. The molecule has 1 fully saturated rings. The summed E-state index contributed by atoms with van der Waals surface area (Å²) < 4.78 is 11.1. The van der Waals surface area contributed by atoms with Crippen LogP contribution in [0.2, 0.25) is 0 Å². The van der Waals surface area contributed by atoms with E-state index in [1.54, 1.807) is 31.2 Å². The normalized spacial score (nSPS) is 14.2. The monoisotopic (exact) mass is 517 g/mol. The SMILES string of the molecule is CCOc1cc(/C=C2/SC(=S)N(NC(=O)c3ccc([N+](=O)[O-])cc3)C2=O)ccc1OCCC(=O)O. The molecule has 182 valence electrons. The summed E-state index contributed by atoms with van der Waals surface area (Å²) in [5, 5.41) is 20.5. The fraction of sp³-hybridized carbons (Fsp3) is 0.182. The van der Waals surface area contributed by atoms with Crippen LogP contribution in [0.5, 0.6) is 11.5 Å². The first-order valence-electron chi connectivity index (χ1n) is 10.1. The van der Waals surface area contributed by atoms with Crippen molar-refractivity contribution in [2.45, 2.75) is 13.3 Å². The highest BCUT2D eigenvalue weighted by Crippen LogP contribution is 2.34. The fourth-order valence-electron chi connectivity index (χ4n) is 2.87. The number of thioether (sulfide) groups is 1. The zero-order valence-corrected chi connectivity index (χ0v) is 19.9. The van der Waals surface area contributed by atoms with E-state index in [0.29, 0.717) is 23.7 Å². The second-order valence-electron chi connectivity index (χ2n) is 6.89. The molecule has 2 N–H and O–H groups in total. The van der Waals surface area contributed by atoms with Crippen molar-refractivity contribution in [1.29, 1.82) is 0 Å². The maximum Gasteiger partial charge on any atom is 0.306 e. The molecule has 0 spiro atoms. The third kappa shape index (κ3) is 6.55. The van der Waals surface area contributed by atoms with Gasteiger partial charge in [-0.05, 0) is 55.0 Å². The van der Waals surface area contributed by atoms with Crippen LogP contribution in [0.3, 0.4) is 0 Å². The number of carbonyl (C=O) groups is 3. The number of carboxylic acids is 1. The summed E-state index contributed by atoms with van der Waals surface area (Å²) in [6.07, 6.45) is 1.41. The van der Waals surface area contributed by atoms with E-state index < -0.39 is 22.7 Å². The van der Waals surface area contributed by atoms with E-state index in [-0.39, 0.29) is 33.5 Å². The molecule has 0 aromatic heterocycles. The van der Waals surface area contributed by atoms with E-state index in [4.69, 9.17) is 26.8 Å². The van der Waals surface area contributed by atoms with Crippen molar-refractivity contribution >= 4 is 57.8 Å². The molecule has 0 radical (unpaired) electrons. The van der Waals surface area contributed by atoms with Crippen LogP contribution < -0.4 is 14.9 Å². The van der Waals surface area contributed by atoms with Crippen molar-refractivity contribution in [3.8, 4) is 11.5 Å². The molecule has 3 rings (SSSR count). The van der Waals surface area contributed by atoms with Crippen LogP contribution in [0, 0.1) is 10.1 Å². The minimum Gasteiger partial charge on any atom is -0.490 e. The number of nitrogens with zero attached hydrogens (tertiary/aromatic N) is 2. The highest BCUT2D eigenvalue weighted by molar-refractivity contribution is 8.26. The van der Waals surface area contributed by atoms with Gasteiger partial charge in [-0.3, -0.25) is 29.9 Å². The Labute approximate surface area is 208 Å². The average Bonchev–Trinajstić information content (AvgIpc) is 3.07. The van der Waals surface area contributed by atoms with Gasteiger partial charge in [-0.15, -0.1) is 0 Å². The lowest BCUT2D eigenvalue weighted by Crippen LogP contribution is -2.44. The third-order valence-electron chi connectivity index (χ3n) is 4.49. The Balaban J connectivity index is 1.73. The molecular weight excluding hydrogens is 498 g/mol. The van der Waals surface area contributed by atoms with Crippen LogP contribution in [0.25, 0.3) is 6.08 Å². The number of thiocarbonyl (C=S) groups is 1. The molecule has 1 saturated heterocycles. The van der Waals surface area contributed by atoms with Gasteiger partial charge in [0.2, 0.25) is 0 Å². The summed E-state index contributed by atoms with van der Waals surface area (Å²) in [4.78, 5) is 46.5. The zero-order chi connectivity index (χ0) is 25.5. The van der Waals surface area contributed by atoms with Crippen molar-refractivity contribution < 1.29 is 33.9 Å². The Hall–Kier alpha value is -3.97. The van der Waals surface area contributed by atoms with Gasteiger partial charge in [0.05, 0.1) is 29.5 Å². The summed E-state index contributed by atoms with van der Waals surface area (Å²) in [6.45, 7) is 2.10. The van der Waals surface area contributed by atoms with Gasteiger partial charge in [0, 0.05) is 17.7 Å². The molecule has 0 unspecified atom stereocenters. The lowest BCUT2D eigenvalue weighted by molar-refractivity contribution is -0.384. The maximum absolute atomic E-state index is 12.8. The Kier molecular flexibility index (Phi) is 8.39. The first-order chi connectivity index (χ1) is 16.7. The predicted octanol–water partition coefficient (Wildman–Crippen LogP) is 3.39. The number of aliphatic carboxylic acids is 1. The highest BCUT2D eigenvalue weighted by Gasteiger charge is 2.34. The summed E-state index contributed by atoms with van der Waals surface area (Å²) in [5.41, 5.74) is 2.96. The summed E-state index contributed by atoms with van der Waals surface area (Å²) in [7, 11) is 0. The van der Waals surface area contributed by atoms with Crippen LogP contribution in [0.1, 0.15) is 29.3 Å². The maximum atomic E-state index is 12.8. The Bertz CT molecular complexity index is 1210. The smallest absolute Gasteiger partial charge is 0.306 e. The standard InChI is InChI=1S/C22H19N3O8S2/c1-2-32-17-11-13(3-8-16(17)33-10-9-19(26)27)12-18-21(29)24(22(34)35-18)23-20(28)14-4-6-15(7-5-14)25(30)31/h3-8,11-12H,2,9-10H2,1H3,(H,23,28)(H,26,27)/b18-12+. The van der Waals surface area contributed by atoms with Crippen molar-refractivity contribution in [2.24, 2.45) is 0 Å². The van der Waals surface area contributed by atoms with E-state index in [1.165, 1.54) is 24.3 Å². The number of hydrazine groups is 1. The van der Waals surface area contributed by atoms with Gasteiger partial charge in [0.25, 0.3) is 17.5 Å². The predicted molar refractivity (Wildman–Crippen MR) is 131 cm³/mol. The van der Waals surface area contributed by atoms with Crippen molar-refractivity contribution in [2.75, 3.05) is 13.2 Å². The van der Waals surface area contributed by atoms with Gasteiger partial charge >= 0.3 is 5.97 Å². The minimum atomic E-state index is -0.984. The number of nitro groups is 1. The number of hydrogen-bond acceptors (Lipinski definition) is 9. The first kappa shape index (κ1) is 25.6. The highest BCUT2D eigenvalue weighted by atomic mass is 32.2. The van der Waals surface area contributed by atoms with Crippen LogP contribution in [-0.4, -0.2) is 50.4 Å². The largest absolute Gasteiger partial charge is 0.490 e. The summed E-state index contributed by atoms with van der Waals surface area (Å²) >= 11 is 6.21. The lowest BCUT2D eigenvalue weighted by Gasteiger charge is -2.15. The van der Waals surface area contributed by atoms with Crippen molar-refractivity contribution in [3.63, 3.8) is 0 Å². The van der Waals surface area contributed by atoms with Gasteiger partial charge < -0.3 is 14.6 Å². The molecule has 0 bridgehead atoms. The number of ether oxygens (including phenoxy) is 2. The summed E-state index contributed by atoms with van der Waals surface area (Å²) in [5.74, 6) is -1.43. The second-order valence-corrected chi connectivity index (χ2v) is 8.57. The van der Waals surface area contributed by atoms with Gasteiger partial charge in [-0.2, -0.15) is 5.01 Å².